The van der Waals surface area contributed by atoms with Crippen LogP contribution < -0.4 is 5.32 Å². The molecule has 0 amide bonds. The van der Waals surface area contributed by atoms with Crippen LogP contribution in [0.5, 0.6) is 0 Å². The molecule has 15 heavy (non-hydrogen) atoms. The number of anilines is 1. The van der Waals surface area contributed by atoms with Crippen molar-refractivity contribution in [3.63, 3.8) is 0 Å². The van der Waals surface area contributed by atoms with Crippen molar-refractivity contribution in [3.8, 4) is 0 Å². The zero-order valence-corrected chi connectivity index (χ0v) is 10.1. The van der Waals surface area contributed by atoms with Crippen molar-refractivity contribution in [2.24, 2.45) is 0 Å². The standard InChI is InChI=1S/C10H11BrFN3/c1-3-8-10(13-2)9-4-6(11)7(12)5-15(9)14-8/h4-5,13H,3H2,1-2H3. The summed E-state index contributed by atoms with van der Waals surface area (Å²) in [5, 5.41) is 7.39. The van der Waals surface area contributed by atoms with Crippen molar-refractivity contribution in [1.82, 2.24) is 9.61 Å². The Bertz CT molecular complexity index is 507. The number of aromatic nitrogens is 2. The Morgan fingerprint density at radius 1 is 1.60 bits per heavy atom. The molecule has 1 N–H and O–H groups in total. The van der Waals surface area contributed by atoms with Crippen LogP contribution in [0, 0.1) is 5.82 Å². The topological polar surface area (TPSA) is 29.3 Å². The molecule has 2 rings (SSSR count). The largest absolute Gasteiger partial charge is 0.385 e. The SMILES string of the molecule is CCc1nn2cc(F)c(Br)cc2c1NC. The molecule has 0 saturated carbocycles. The Balaban J connectivity index is 2.77. The third kappa shape index (κ3) is 1.61. The maximum absolute atomic E-state index is 13.3. The molecule has 2 heterocycles. The van der Waals surface area contributed by atoms with Crippen LogP contribution >= 0.6 is 15.9 Å². The van der Waals surface area contributed by atoms with Gasteiger partial charge in [-0.1, -0.05) is 6.92 Å². The number of nitrogens with zero attached hydrogens (tertiary/aromatic N) is 2. The van der Waals surface area contributed by atoms with Gasteiger partial charge in [-0.05, 0) is 28.4 Å². The van der Waals surface area contributed by atoms with Gasteiger partial charge in [-0.3, -0.25) is 0 Å². The van der Waals surface area contributed by atoms with E-state index >= 15 is 0 Å². The van der Waals surface area contributed by atoms with Gasteiger partial charge in [-0.15, -0.1) is 0 Å². The van der Waals surface area contributed by atoms with Crippen molar-refractivity contribution in [2.75, 3.05) is 12.4 Å². The first-order chi connectivity index (χ1) is 7.17. The number of fused-ring (bicyclic) bond motifs is 1. The minimum absolute atomic E-state index is 0.310. The van der Waals surface area contributed by atoms with E-state index in [9.17, 15) is 4.39 Å². The van der Waals surface area contributed by atoms with Crippen molar-refractivity contribution < 1.29 is 4.39 Å². The van der Waals surface area contributed by atoms with E-state index in [2.05, 4.69) is 26.3 Å². The molecule has 0 saturated heterocycles. The molecule has 0 atom stereocenters. The van der Waals surface area contributed by atoms with Crippen molar-refractivity contribution in [2.45, 2.75) is 13.3 Å². The fourth-order valence-corrected chi connectivity index (χ4v) is 1.93. The van der Waals surface area contributed by atoms with Crippen LogP contribution in [0.25, 0.3) is 5.52 Å². The minimum Gasteiger partial charge on any atom is -0.385 e. The number of aryl methyl sites for hydroxylation is 1. The van der Waals surface area contributed by atoms with Gasteiger partial charge in [0.15, 0.2) is 5.82 Å². The highest BCUT2D eigenvalue weighted by molar-refractivity contribution is 9.10. The lowest BCUT2D eigenvalue weighted by molar-refractivity contribution is 0.607. The molecule has 80 valence electrons. The third-order valence-electron chi connectivity index (χ3n) is 2.33. The molecule has 0 aromatic carbocycles. The summed E-state index contributed by atoms with van der Waals surface area (Å²) >= 11 is 3.17. The van der Waals surface area contributed by atoms with Crippen molar-refractivity contribution >= 4 is 27.1 Å². The van der Waals surface area contributed by atoms with Gasteiger partial charge in [-0.25, -0.2) is 8.91 Å². The lowest BCUT2D eigenvalue weighted by Gasteiger charge is -2.00. The molecular formula is C10H11BrFN3. The highest BCUT2D eigenvalue weighted by Crippen LogP contribution is 2.26. The van der Waals surface area contributed by atoms with Crippen molar-refractivity contribution in [3.05, 3.63) is 28.2 Å². The van der Waals surface area contributed by atoms with Gasteiger partial charge in [0.1, 0.15) is 0 Å². The summed E-state index contributed by atoms with van der Waals surface area (Å²) in [7, 11) is 1.84. The van der Waals surface area contributed by atoms with Gasteiger partial charge in [0, 0.05) is 7.05 Å². The van der Waals surface area contributed by atoms with Crippen LogP contribution in [0.2, 0.25) is 0 Å². The van der Waals surface area contributed by atoms with E-state index in [-0.39, 0.29) is 5.82 Å². The molecule has 0 radical (unpaired) electrons. The second kappa shape index (κ2) is 3.81. The first-order valence-corrected chi connectivity index (χ1v) is 5.50. The summed E-state index contributed by atoms with van der Waals surface area (Å²) < 4.78 is 15.3. The van der Waals surface area contributed by atoms with Gasteiger partial charge in [0.05, 0.1) is 27.6 Å². The fraction of sp³-hybridized carbons (Fsp3) is 0.300. The van der Waals surface area contributed by atoms with E-state index in [1.807, 2.05) is 14.0 Å². The Morgan fingerprint density at radius 3 is 2.93 bits per heavy atom. The van der Waals surface area contributed by atoms with Crippen LogP contribution in [0.1, 0.15) is 12.6 Å². The highest BCUT2D eigenvalue weighted by atomic mass is 79.9. The lowest BCUT2D eigenvalue weighted by atomic mass is 10.2. The Kier molecular flexibility index (Phi) is 2.65. The Labute approximate surface area is 95.4 Å². The second-order valence-electron chi connectivity index (χ2n) is 3.22. The number of hydrogen-bond acceptors (Lipinski definition) is 2. The monoisotopic (exact) mass is 271 g/mol. The number of hydrogen-bond donors (Lipinski definition) is 1. The summed E-state index contributed by atoms with van der Waals surface area (Å²) in [4.78, 5) is 0. The van der Waals surface area contributed by atoms with Crippen LogP contribution in [-0.4, -0.2) is 16.7 Å². The fourth-order valence-electron chi connectivity index (χ4n) is 1.61. The first kappa shape index (κ1) is 10.4. The van der Waals surface area contributed by atoms with Crippen LogP contribution in [0.4, 0.5) is 10.1 Å². The summed E-state index contributed by atoms with van der Waals surface area (Å²) in [6, 6.07) is 1.73. The molecule has 5 heteroatoms. The lowest BCUT2D eigenvalue weighted by Crippen LogP contribution is -1.91. The molecule has 3 nitrogen and oxygen atoms in total. The number of rotatable bonds is 2. The number of halogens is 2. The zero-order valence-electron chi connectivity index (χ0n) is 8.51. The van der Waals surface area contributed by atoms with Gasteiger partial charge in [0.25, 0.3) is 0 Å². The van der Waals surface area contributed by atoms with E-state index in [1.165, 1.54) is 6.20 Å². The van der Waals surface area contributed by atoms with E-state index < -0.39 is 0 Å². The molecule has 0 bridgehead atoms. The molecule has 0 fully saturated rings. The van der Waals surface area contributed by atoms with Crippen LogP contribution in [0.15, 0.2) is 16.7 Å². The molecule has 0 aliphatic carbocycles. The maximum atomic E-state index is 13.3. The quantitative estimate of drug-likeness (QED) is 0.910. The van der Waals surface area contributed by atoms with E-state index in [1.54, 1.807) is 10.6 Å². The van der Waals surface area contributed by atoms with Gasteiger partial charge in [0.2, 0.25) is 0 Å². The zero-order chi connectivity index (χ0) is 11.0. The van der Waals surface area contributed by atoms with Gasteiger partial charge in [-0.2, -0.15) is 5.10 Å². The summed E-state index contributed by atoms with van der Waals surface area (Å²) in [5.41, 5.74) is 2.77. The van der Waals surface area contributed by atoms with Gasteiger partial charge < -0.3 is 5.32 Å². The second-order valence-corrected chi connectivity index (χ2v) is 4.08. The molecular weight excluding hydrogens is 261 g/mol. The predicted molar refractivity (Wildman–Crippen MR) is 61.8 cm³/mol. The smallest absolute Gasteiger partial charge is 0.155 e. The average molecular weight is 272 g/mol. The Morgan fingerprint density at radius 2 is 2.33 bits per heavy atom. The third-order valence-corrected chi connectivity index (χ3v) is 2.94. The molecule has 0 aliphatic heterocycles. The van der Waals surface area contributed by atoms with Crippen LogP contribution in [-0.2, 0) is 6.42 Å². The van der Waals surface area contributed by atoms with E-state index in [0.29, 0.717) is 4.47 Å². The normalized spacial score (nSPS) is 10.9. The first-order valence-electron chi connectivity index (χ1n) is 4.71. The maximum Gasteiger partial charge on any atom is 0.155 e. The predicted octanol–water partition coefficient (Wildman–Crippen LogP) is 2.84. The average Bonchev–Trinajstić information content (AvgIpc) is 2.56. The summed E-state index contributed by atoms with van der Waals surface area (Å²) in [6.45, 7) is 2.02. The van der Waals surface area contributed by atoms with E-state index in [4.69, 9.17) is 0 Å². The number of pyridine rings is 1. The molecule has 0 aliphatic rings. The Hall–Kier alpha value is -1.10. The van der Waals surface area contributed by atoms with Gasteiger partial charge >= 0.3 is 0 Å². The summed E-state index contributed by atoms with van der Waals surface area (Å²) in [5.74, 6) is -0.310. The summed E-state index contributed by atoms with van der Waals surface area (Å²) in [6.07, 6.45) is 2.19. The van der Waals surface area contributed by atoms with E-state index in [0.717, 1.165) is 23.3 Å². The molecule has 2 aromatic rings. The molecule has 0 spiro atoms. The highest BCUT2D eigenvalue weighted by Gasteiger charge is 2.12. The molecule has 2 aromatic heterocycles. The number of nitrogens with one attached hydrogen (secondary N) is 1. The van der Waals surface area contributed by atoms with Crippen molar-refractivity contribution in [1.29, 1.82) is 0 Å². The molecule has 0 unspecified atom stereocenters. The minimum atomic E-state index is -0.310. The van der Waals surface area contributed by atoms with Crippen LogP contribution in [0.3, 0.4) is 0 Å².